The number of hydrogen-bond donors (Lipinski definition) is 1. The Labute approximate surface area is 134 Å². The number of ketones is 1. The second-order valence-electron chi connectivity index (χ2n) is 5.45. The van der Waals surface area contributed by atoms with Crippen LogP contribution in [-0.4, -0.2) is 48.0 Å². The van der Waals surface area contributed by atoms with E-state index in [1.54, 1.807) is 18.2 Å². The van der Waals surface area contributed by atoms with Gasteiger partial charge in [-0.2, -0.15) is 0 Å². The number of carbonyl (C=O) groups is 2. The maximum atomic E-state index is 12.4. The highest BCUT2D eigenvalue weighted by Crippen LogP contribution is 2.25. The summed E-state index contributed by atoms with van der Waals surface area (Å²) in [7, 11) is 1.52. The highest BCUT2D eigenvalue weighted by Gasteiger charge is 2.27. The van der Waals surface area contributed by atoms with Crippen molar-refractivity contribution in [3.05, 3.63) is 28.8 Å². The van der Waals surface area contributed by atoms with E-state index in [0.29, 0.717) is 29.3 Å². The lowest BCUT2D eigenvalue weighted by Crippen LogP contribution is -2.33. The van der Waals surface area contributed by atoms with Crippen molar-refractivity contribution in [2.45, 2.75) is 31.7 Å². The number of carboxylic acid groups (broad SMARTS) is 1. The summed E-state index contributed by atoms with van der Waals surface area (Å²) in [5.41, 5.74) is 0.476. The van der Waals surface area contributed by atoms with Crippen LogP contribution in [0.25, 0.3) is 0 Å². The standard InChI is InChI=1S/C16H20ClNO4/c1-22-15-5-4-11(17)9-13(15)14(19)6-8-18-7-2-3-12(18)10-16(20)21/h4-5,9,12H,2-3,6-8,10H2,1H3,(H,20,21). The van der Waals surface area contributed by atoms with Crippen molar-refractivity contribution in [1.82, 2.24) is 4.90 Å². The monoisotopic (exact) mass is 325 g/mol. The summed E-state index contributed by atoms with van der Waals surface area (Å²) in [6.45, 7) is 1.41. The Kier molecular flexibility index (Phi) is 5.80. The summed E-state index contributed by atoms with van der Waals surface area (Å²) in [5.74, 6) is -0.321. The Balaban J connectivity index is 1.98. The SMILES string of the molecule is COc1ccc(Cl)cc1C(=O)CCN1CCCC1CC(=O)O. The van der Waals surface area contributed by atoms with E-state index in [1.807, 2.05) is 0 Å². The first kappa shape index (κ1) is 16.8. The lowest BCUT2D eigenvalue weighted by atomic mass is 10.1. The van der Waals surface area contributed by atoms with Crippen LogP contribution in [0.4, 0.5) is 0 Å². The van der Waals surface area contributed by atoms with Gasteiger partial charge >= 0.3 is 5.97 Å². The number of hydrogen-bond acceptors (Lipinski definition) is 4. The largest absolute Gasteiger partial charge is 0.496 e. The molecule has 1 saturated heterocycles. The molecular weight excluding hydrogens is 306 g/mol. The first-order valence-electron chi connectivity index (χ1n) is 7.34. The van der Waals surface area contributed by atoms with Crippen LogP contribution in [0, 0.1) is 0 Å². The minimum atomic E-state index is -0.792. The fraction of sp³-hybridized carbons (Fsp3) is 0.500. The maximum Gasteiger partial charge on any atom is 0.304 e. The van der Waals surface area contributed by atoms with Crippen LogP contribution in [0.3, 0.4) is 0 Å². The highest BCUT2D eigenvalue weighted by molar-refractivity contribution is 6.31. The number of Topliss-reactive ketones (excluding diaryl/α,β-unsaturated/α-hetero) is 1. The molecule has 5 nitrogen and oxygen atoms in total. The second-order valence-corrected chi connectivity index (χ2v) is 5.88. The van der Waals surface area contributed by atoms with Gasteiger partial charge in [0.15, 0.2) is 5.78 Å². The van der Waals surface area contributed by atoms with Crippen LogP contribution in [-0.2, 0) is 4.79 Å². The molecule has 6 heteroatoms. The van der Waals surface area contributed by atoms with Crippen LogP contribution < -0.4 is 4.74 Å². The highest BCUT2D eigenvalue weighted by atomic mass is 35.5. The van der Waals surface area contributed by atoms with Crippen LogP contribution in [0.2, 0.25) is 5.02 Å². The first-order chi connectivity index (χ1) is 10.5. The molecule has 1 aliphatic heterocycles. The van der Waals surface area contributed by atoms with Gasteiger partial charge in [-0.05, 0) is 37.6 Å². The van der Waals surface area contributed by atoms with E-state index >= 15 is 0 Å². The molecule has 0 aliphatic carbocycles. The fourth-order valence-electron chi connectivity index (χ4n) is 2.90. The average Bonchev–Trinajstić information content (AvgIpc) is 2.91. The molecule has 1 aliphatic rings. The molecule has 0 bridgehead atoms. The van der Waals surface area contributed by atoms with Gasteiger partial charge in [-0.3, -0.25) is 14.5 Å². The summed E-state index contributed by atoms with van der Waals surface area (Å²) in [5, 5.41) is 9.42. The van der Waals surface area contributed by atoms with Gasteiger partial charge < -0.3 is 9.84 Å². The van der Waals surface area contributed by atoms with Crippen molar-refractivity contribution in [2.24, 2.45) is 0 Å². The number of methoxy groups -OCH3 is 1. The molecular formula is C16H20ClNO4. The van der Waals surface area contributed by atoms with Crippen molar-refractivity contribution >= 4 is 23.4 Å². The van der Waals surface area contributed by atoms with E-state index in [9.17, 15) is 9.59 Å². The van der Waals surface area contributed by atoms with Gasteiger partial charge in [0.1, 0.15) is 5.75 Å². The van der Waals surface area contributed by atoms with Crippen LogP contribution in [0.15, 0.2) is 18.2 Å². The molecule has 1 aromatic carbocycles. The molecule has 1 N–H and O–H groups in total. The van der Waals surface area contributed by atoms with Gasteiger partial charge in [0.05, 0.1) is 19.1 Å². The van der Waals surface area contributed by atoms with Crippen LogP contribution >= 0.6 is 11.6 Å². The molecule has 1 heterocycles. The molecule has 0 amide bonds. The molecule has 1 atom stereocenters. The predicted molar refractivity (Wildman–Crippen MR) is 83.8 cm³/mol. The summed E-state index contributed by atoms with van der Waals surface area (Å²) in [6, 6.07) is 5.01. The van der Waals surface area contributed by atoms with Gasteiger partial charge in [0, 0.05) is 24.0 Å². The predicted octanol–water partition coefficient (Wildman–Crippen LogP) is 2.86. The van der Waals surface area contributed by atoms with Crippen molar-refractivity contribution in [1.29, 1.82) is 0 Å². The number of carbonyl (C=O) groups excluding carboxylic acids is 1. The Morgan fingerprint density at radius 2 is 2.23 bits per heavy atom. The Morgan fingerprint density at radius 3 is 2.91 bits per heavy atom. The molecule has 0 saturated carbocycles. The molecule has 1 fully saturated rings. The van der Waals surface area contributed by atoms with Gasteiger partial charge in [-0.25, -0.2) is 0 Å². The molecule has 2 rings (SSSR count). The summed E-state index contributed by atoms with van der Waals surface area (Å²) >= 11 is 5.94. The number of aliphatic carboxylic acids is 1. The van der Waals surface area contributed by atoms with E-state index < -0.39 is 5.97 Å². The van der Waals surface area contributed by atoms with Gasteiger partial charge in [-0.15, -0.1) is 0 Å². The third-order valence-electron chi connectivity index (χ3n) is 4.00. The number of carboxylic acids is 1. The van der Waals surface area contributed by atoms with Crippen LogP contribution in [0.5, 0.6) is 5.75 Å². The number of nitrogens with zero attached hydrogens (tertiary/aromatic N) is 1. The maximum absolute atomic E-state index is 12.4. The number of ether oxygens (including phenoxy) is 1. The molecule has 120 valence electrons. The first-order valence-corrected chi connectivity index (χ1v) is 7.71. The summed E-state index contributed by atoms with van der Waals surface area (Å²) < 4.78 is 5.20. The van der Waals surface area contributed by atoms with Crippen molar-refractivity contribution in [3.63, 3.8) is 0 Å². The zero-order valence-corrected chi connectivity index (χ0v) is 13.3. The van der Waals surface area contributed by atoms with Gasteiger partial charge in [0.25, 0.3) is 0 Å². The van der Waals surface area contributed by atoms with E-state index in [0.717, 1.165) is 19.4 Å². The normalized spacial score (nSPS) is 18.4. The van der Waals surface area contributed by atoms with Gasteiger partial charge in [-0.1, -0.05) is 11.6 Å². The molecule has 1 unspecified atom stereocenters. The second kappa shape index (κ2) is 7.61. The third-order valence-corrected chi connectivity index (χ3v) is 4.23. The minimum absolute atomic E-state index is 0.0338. The van der Waals surface area contributed by atoms with E-state index in [2.05, 4.69) is 4.90 Å². The third kappa shape index (κ3) is 4.21. The summed E-state index contributed by atoms with van der Waals surface area (Å²) in [6.07, 6.45) is 2.31. The van der Waals surface area contributed by atoms with Crippen molar-refractivity contribution < 1.29 is 19.4 Å². The average molecular weight is 326 g/mol. The van der Waals surface area contributed by atoms with Crippen LogP contribution in [0.1, 0.15) is 36.0 Å². The Hall–Kier alpha value is -1.59. The van der Waals surface area contributed by atoms with Gasteiger partial charge in [0.2, 0.25) is 0 Å². The van der Waals surface area contributed by atoms with E-state index in [-0.39, 0.29) is 18.2 Å². The fourth-order valence-corrected chi connectivity index (χ4v) is 3.07. The topological polar surface area (TPSA) is 66.8 Å². The molecule has 22 heavy (non-hydrogen) atoms. The minimum Gasteiger partial charge on any atom is -0.496 e. The van der Waals surface area contributed by atoms with Crippen molar-refractivity contribution in [2.75, 3.05) is 20.2 Å². The lowest BCUT2D eigenvalue weighted by Gasteiger charge is -2.22. The zero-order valence-electron chi connectivity index (χ0n) is 12.5. The van der Waals surface area contributed by atoms with E-state index in [4.69, 9.17) is 21.4 Å². The van der Waals surface area contributed by atoms with Crippen molar-refractivity contribution in [3.8, 4) is 5.75 Å². The molecule has 0 spiro atoms. The smallest absolute Gasteiger partial charge is 0.304 e. The Morgan fingerprint density at radius 1 is 1.45 bits per heavy atom. The zero-order chi connectivity index (χ0) is 16.1. The molecule has 0 radical (unpaired) electrons. The number of likely N-dealkylation sites (tertiary alicyclic amines) is 1. The number of halogens is 1. The number of benzene rings is 1. The quantitative estimate of drug-likeness (QED) is 0.781. The molecule has 1 aromatic rings. The lowest BCUT2D eigenvalue weighted by molar-refractivity contribution is -0.138. The molecule has 0 aromatic heterocycles. The Bertz CT molecular complexity index is 561. The number of rotatable bonds is 7. The van der Waals surface area contributed by atoms with E-state index in [1.165, 1.54) is 7.11 Å². The summed E-state index contributed by atoms with van der Waals surface area (Å²) in [4.78, 5) is 25.3.